The Kier molecular flexibility index (Phi) is 9.20. The topological polar surface area (TPSA) is 99.4 Å². The van der Waals surface area contributed by atoms with Gasteiger partial charge in [0.25, 0.3) is 0 Å². The molecule has 6 atom stereocenters. The molecule has 4 N–H and O–H groups in total. The molecule has 0 aromatic heterocycles. The quantitative estimate of drug-likeness (QED) is 0.159. The highest BCUT2D eigenvalue weighted by molar-refractivity contribution is 5.51. The van der Waals surface area contributed by atoms with E-state index in [-0.39, 0.29) is 59.2 Å². The summed E-state index contributed by atoms with van der Waals surface area (Å²) < 4.78 is 13.8. The van der Waals surface area contributed by atoms with Crippen molar-refractivity contribution in [3.63, 3.8) is 0 Å². The lowest BCUT2D eigenvalue weighted by Gasteiger charge is -2.50. The Bertz CT molecular complexity index is 1510. The second-order valence-corrected chi connectivity index (χ2v) is 12.1. The van der Waals surface area contributed by atoms with E-state index in [1.54, 1.807) is 48.5 Å². The first kappa shape index (κ1) is 29.8. The minimum atomic E-state index is -0.202. The summed E-state index contributed by atoms with van der Waals surface area (Å²) in [6.45, 7) is 0. The molecule has 0 unspecified atom stereocenters. The molecule has 6 heteroatoms. The van der Waals surface area contributed by atoms with E-state index < -0.39 is 0 Å². The van der Waals surface area contributed by atoms with Gasteiger partial charge in [0.05, 0.1) is 24.4 Å². The van der Waals surface area contributed by atoms with Gasteiger partial charge in [-0.15, -0.1) is 0 Å². The van der Waals surface area contributed by atoms with Crippen LogP contribution in [0.25, 0.3) is 6.08 Å². The lowest BCUT2D eigenvalue weighted by atomic mass is 9.71. The summed E-state index contributed by atoms with van der Waals surface area (Å²) in [5, 5.41) is 39.2. The molecular weight excluding hydrogens is 552 g/mol. The highest BCUT2D eigenvalue weighted by Gasteiger charge is 2.47. The van der Waals surface area contributed by atoms with Crippen LogP contribution in [-0.4, -0.2) is 38.7 Å². The van der Waals surface area contributed by atoms with Crippen LogP contribution in [0.15, 0.2) is 103 Å². The number of hydrogen-bond donors (Lipinski definition) is 4. The first-order chi connectivity index (χ1) is 21.4. The van der Waals surface area contributed by atoms with Crippen LogP contribution in [-0.2, 0) is 22.3 Å². The van der Waals surface area contributed by atoms with E-state index in [1.807, 2.05) is 48.5 Å². The van der Waals surface area contributed by atoms with Crippen LogP contribution < -0.4 is 0 Å². The van der Waals surface area contributed by atoms with Gasteiger partial charge in [-0.25, -0.2) is 0 Å². The average Bonchev–Trinajstić information content (AvgIpc) is 3.04. The van der Waals surface area contributed by atoms with Crippen LogP contribution in [0.1, 0.15) is 54.0 Å². The summed E-state index contributed by atoms with van der Waals surface area (Å²) in [6, 6.07) is 29.4. The van der Waals surface area contributed by atoms with E-state index >= 15 is 0 Å². The van der Waals surface area contributed by atoms with Gasteiger partial charge in [-0.2, -0.15) is 0 Å². The molecule has 2 fully saturated rings. The molecule has 4 aromatic carbocycles. The zero-order valence-electron chi connectivity index (χ0n) is 24.7. The number of ether oxygens (including phenoxy) is 2. The minimum Gasteiger partial charge on any atom is -0.508 e. The van der Waals surface area contributed by atoms with E-state index in [0.717, 1.165) is 55.2 Å². The molecule has 44 heavy (non-hydrogen) atoms. The number of hydrogen-bond acceptors (Lipinski definition) is 6. The van der Waals surface area contributed by atoms with Gasteiger partial charge in [0.1, 0.15) is 23.0 Å². The third-order valence-corrected chi connectivity index (χ3v) is 9.04. The van der Waals surface area contributed by atoms with E-state index in [2.05, 4.69) is 12.2 Å². The molecule has 2 saturated heterocycles. The normalized spacial score (nSPS) is 25.1. The van der Waals surface area contributed by atoms with Crippen LogP contribution in [0, 0.1) is 11.8 Å². The van der Waals surface area contributed by atoms with Crippen LogP contribution >= 0.6 is 0 Å². The zero-order valence-corrected chi connectivity index (χ0v) is 24.7. The Morgan fingerprint density at radius 1 is 0.568 bits per heavy atom. The van der Waals surface area contributed by atoms with Crippen molar-refractivity contribution in [2.75, 3.05) is 0 Å². The Labute approximate surface area is 258 Å². The van der Waals surface area contributed by atoms with Crippen molar-refractivity contribution < 1.29 is 29.9 Å². The maximum Gasteiger partial charge on any atom is 0.115 e. The Balaban J connectivity index is 1.27. The summed E-state index contributed by atoms with van der Waals surface area (Å²) in [5.74, 6) is 1.27. The molecule has 0 amide bonds. The Morgan fingerprint density at radius 2 is 1.05 bits per heavy atom. The molecule has 0 radical (unpaired) electrons. The summed E-state index contributed by atoms with van der Waals surface area (Å²) in [7, 11) is 0. The van der Waals surface area contributed by atoms with Gasteiger partial charge < -0.3 is 29.9 Å². The molecule has 2 aliphatic rings. The fraction of sp³-hybridized carbons (Fsp3) is 0.316. The SMILES string of the molecule is Oc1ccc(/C=C/[C@H]2C[C@H](CCc3ccc(O)cc3)O[C@H]3C[C@H](CCc4ccc(O)cc4)O[C@@H](c4ccc(O)cc4)[C@@H]32)cc1. The van der Waals surface area contributed by atoms with Gasteiger partial charge in [-0.1, -0.05) is 60.7 Å². The highest BCUT2D eigenvalue weighted by atomic mass is 16.5. The summed E-state index contributed by atoms with van der Waals surface area (Å²) in [4.78, 5) is 0. The number of phenolic OH excluding ortho intramolecular Hbond substituents is 4. The second-order valence-electron chi connectivity index (χ2n) is 12.1. The van der Waals surface area contributed by atoms with E-state index in [9.17, 15) is 20.4 Å². The molecule has 6 rings (SSSR count). The third kappa shape index (κ3) is 7.44. The number of benzene rings is 4. The predicted molar refractivity (Wildman–Crippen MR) is 171 cm³/mol. The summed E-state index contributed by atoms with van der Waals surface area (Å²) in [5.41, 5.74) is 4.38. The maximum absolute atomic E-state index is 10.0. The monoisotopic (exact) mass is 592 g/mol. The van der Waals surface area contributed by atoms with Crippen LogP contribution in [0.5, 0.6) is 23.0 Å². The van der Waals surface area contributed by atoms with Gasteiger partial charge >= 0.3 is 0 Å². The van der Waals surface area contributed by atoms with Crippen molar-refractivity contribution in [2.24, 2.45) is 11.8 Å². The minimum absolute atomic E-state index is 0.0126. The van der Waals surface area contributed by atoms with Gasteiger partial charge in [-0.3, -0.25) is 0 Å². The van der Waals surface area contributed by atoms with Crippen LogP contribution in [0.2, 0.25) is 0 Å². The van der Waals surface area contributed by atoms with E-state index in [4.69, 9.17) is 9.47 Å². The molecule has 0 spiro atoms. The predicted octanol–water partition coefficient (Wildman–Crippen LogP) is 7.71. The summed E-state index contributed by atoms with van der Waals surface area (Å²) in [6.07, 6.45) is 9.29. The van der Waals surface area contributed by atoms with Gasteiger partial charge in [0.15, 0.2) is 0 Å². The number of aryl methyl sites for hydroxylation is 2. The molecule has 0 saturated carbocycles. The number of phenols is 4. The molecule has 2 aliphatic heterocycles. The fourth-order valence-electron chi connectivity index (χ4n) is 6.72. The van der Waals surface area contributed by atoms with Gasteiger partial charge in [0, 0.05) is 12.3 Å². The third-order valence-electron chi connectivity index (χ3n) is 9.04. The standard InChI is InChI=1S/C38H40O6/c39-30-13-2-25(3-14-30)1-10-29-23-34(21-8-26-4-15-31(40)16-5-26)43-36-24-35(22-9-27-6-17-32(41)18-7-27)44-38(37(29)36)28-11-19-33(42)20-12-28/h1-7,10-20,29,34-42H,8-9,21-24H2/b10-1+/t29-,34-,35-,36-,37+,38-/m0/s1. The largest absolute Gasteiger partial charge is 0.508 e. The van der Waals surface area contributed by atoms with Crippen LogP contribution in [0.3, 0.4) is 0 Å². The highest BCUT2D eigenvalue weighted by Crippen LogP contribution is 2.48. The Morgan fingerprint density at radius 3 is 1.59 bits per heavy atom. The molecule has 6 nitrogen and oxygen atoms in total. The molecule has 0 aliphatic carbocycles. The number of fused-ring (bicyclic) bond motifs is 1. The van der Waals surface area contributed by atoms with Gasteiger partial charge in [0.2, 0.25) is 0 Å². The van der Waals surface area contributed by atoms with E-state index in [1.165, 1.54) is 5.56 Å². The van der Waals surface area contributed by atoms with Crippen molar-refractivity contribution in [2.45, 2.75) is 62.9 Å². The number of aromatic hydroxyl groups is 4. The van der Waals surface area contributed by atoms with Crippen molar-refractivity contribution in [3.05, 3.63) is 125 Å². The van der Waals surface area contributed by atoms with Crippen molar-refractivity contribution in [1.82, 2.24) is 0 Å². The Hall–Kier alpha value is -4.26. The first-order valence-electron chi connectivity index (χ1n) is 15.5. The fourth-order valence-corrected chi connectivity index (χ4v) is 6.72. The maximum atomic E-state index is 10.0. The smallest absolute Gasteiger partial charge is 0.115 e. The van der Waals surface area contributed by atoms with Crippen molar-refractivity contribution in [3.8, 4) is 23.0 Å². The second kappa shape index (κ2) is 13.6. The lowest BCUT2D eigenvalue weighted by molar-refractivity contribution is -0.209. The van der Waals surface area contributed by atoms with Crippen molar-refractivity contribution >= 4 is 6.08 Å². The summed E-state index contributed by atoms with van der Waals surface area (Å²) >= 11 is 0. The molecular formula is C38H40O6. The average molecular weight is 593 g/mol. The number of allylic oxidation sites excluding steroid dienone is 1. The number of rotatable bonds is 9. The van der Waals surface area contributed by atoms with Crippen molar-refractivity contribution in [1.29, 1.82) is 0 Å². The lowest BCUT2D eigenvalue weighted by Crippen LogP contribution is -2.50. The molecule has 4 aromatic rings. The molecule has 2 heterocycles. The molecule has 0 bridgehead atoms. The van der Waals surface area contributed by atoms with Crippen LogP contribution in [0.4, 0.5) is 0 Å². The van der Waals surface area contributed by atoms with E-state index in [0.29, 0.717) is 0 Å². The molecule has 228 valence electrons. The van der Waals surface area contributed by atoms with Gasteiger partial charge in [-0.05, 0) is 109 Å². The zero-order chi connectivity index (χ0) is 30.5. The first-order valence-corrected chi connectivity index (χ1v) is 15.5.